The third-order valence-electron chi connectivity index (χ3n) is 5.43. The third kappa shape index (κ3) is 3.05. The predicted octanol–water partition coefficient (Wildman–Crippen LogP) is 4.78. The molecule has 0 spiro atoms. The minimum absolute atomic E-state index is 0.0199. The first-order valence-corrected chi connectivity index (χ1v) is 9.90. The van der Waals surface area contributed by atoms with Crippen LogP contribution in [0.2, 0.25) is 0 Å². The van der Waals surface area contributed by atoms with Gasteiger partial charge in [-0.25, -0.2) is 0 Å². The summed E-state index contributed by atoms with van der Waals surface area (Å²) in [6, 6.07) is 24.2. The number of fused-ring (bicyclic) bond motifs is 3. The Morgan fingerprint density at radius 2 is 1.53 bits per heavy atom. The Morgan fingerprint density at radius 1 is 0.933 bits per heavy atom. The summed E-state index contributed by atoms with van der Waals surface area (Å²) in [5.74, 6) is 0.557. The Morgan fingerprint density at radius 3 is 2.20 bits per heavy atom. The smallest absolute Gasteiger partial charge is 0.240 e. The van der Waals surface area contributed by atoms with Crippen molar-refractivity contribution in [1.29, 1.82) is 0 Å². The molecule has 1 N–H and O–H groups in total. The lowest BCUT2D eigenvalue weighted by atomic mass is 10.1. The van der Waals surface area contributed by atoms with E-state index in [0.29, 0.717) is 16.5 Å². The van der Waals surface area contributed by atoms with Crippen LogP contribution in [0.15, 0.2) is 88.1 Å². The van der Waals surface area contributed by atoms with E-state index in [0.717, 1.165) is 22.0 Å². The molecule has 1 atom stereocenters. The minimum Gasteiger partial charge on any atom is -0.459 e. The Hall–Kier alpha value is -3.86. The average molecular weight is 396 g/mol. The number of benzene rings is 3. The van der Waals surface area contributed by atoms with Gasteiger partial charge in [-0.1, -0.05) is 42.5 Å². The van der Waals surface area contributed by atoms with Crippen LogP contribution < -0.4 is 10.7 Å². The maximum Gasteiger partial charge on any atom is 0.240 e. The van der Waals surface area contributed by atoms with Crippen molar-refractivity contribution in [2.24, 2.45) is 0 Å². The van der Waals surface area contributed by atoms with Crippen LogP contribution in [0.25, 0.3) is 32.8 Å². The number of carbonyl (C=O) groups is 1. The van der Waals surface area contributed by atoms with Crippen LogP contribution in [0.4, 0.5) is 0 Å². The fourth-order valence-corrected chi connectivity index (χ4v) is 3.96. The molecule has 3 aromatic carbocycles. The van der Waals surface area contributed by atoms with Gasteiger partial charge in [0.2, 0.25) is 5.91 Å². The summed E-state index contributed by atoms with van der Waals surface area (Å²) in [4.78, 5) is 25.8. The SMILES string of the molecule is CC(NC(=O)Cn1c2ccccc2c(=O)c2ccccc21)c1cc2ccccc2o1. The highest BCUT2D eigenvalue weighted by Gasteiger charge is 2.17. The number of carbonyl (C=O) groups excluding carboxylic acids is 1. The lowest BCUT2D eigenvalue weighted by molar-refractivity contribution is -0.122. The zero-order valence-corrected chi connectivity index (χ0v) is 16.5. The van der Waals surface area contributed by atoms with E-state index in [-0.39, 0.29) is 23.9 Å². The molecule has 0 saturated heterocycles. The van der Waals surface area contributed by atoms with E-state index in [1.54, 1.807) is 12.1 Å². The molecule has 2 heterocycles. The summed E-state index contributed by atoms with van der Waals surface area (Å²) in [6.45, 7) is 2.00. The van der Waals surface area contributed by atoms with Gasteiger partial charge in [0.15, 0.2) is 5.43 Å². The van der Waals surface area contributed by atoms with Crippen LogP contribution in [0, 0.1) is 0 Å². The summed E-state index contributed by atoms with van der Waals surface area (Å²) in [5.41, 5.74) is 2.26. The van der Waals surface area contributed by atoms with Gasteiger partial charge in [0.1, 0.15) is 17.9 Å². The van der Waals surface area contributed by atoms with Crippen molar-refractivity contribution >= 4 is 38.7 Å². The van der Waals surface area contributed by atoms with Gasteiger partial charge in [-0.05, 0) is 43.3 Å². The average Bonchev–Trinajstić information content (AvgIpc) is 3.21. The van der Waals surface area contributed by atoms with Crippen molar-refractivity contribution in [3.05, 3.63) is 94.8 Å². The van der Waals surface area contributed by atoms with E-state index in [1.165, 1.54) is 0 Å². The largest absolute Gasteiger partial charge is 0.459 e. The standard InChI is InChI=1S/C25H20N2O3/c1-16(23-14-17-8-2-7-13-22(17)30-23)26-24(28)15-27-20-11-5-3-9-18(20)25(29)19-10-4-6-12-21(19)27/h2-14,16H,15H2,1H3,(H,26,28). The molecule has 2 aromatic heterocycles. The molecule has 1 amide bonds. The number of furan rings is 1. The van der Waals surface area contributed by atoms with Crippen molar-refractivity contribution in [3.63, 3.8) is 0 Å². The molecule has 0 bridgehead atoms. The van der Waals surface area contributed by atoms with Crippen molar-refractivity contribution < 1.29 is 9.21 Å². The molecular formula is C25H20N2O3. The summed E-state index contributed by atoms with van der Waals surface area (Å²) >= 11 is 0. The van der Waals surface area contributed by atoms with Gasteiger partial charge < -0.3 is 14.3 Å². The van der Waals surface area contributed by atoms with Crippen LogP contribution in [-0.4, -0.2) is 10.5 Å². The van der Waals surface area contributed by atoms with Crippen LogP contribution >= 0.6 is 0 Å². The summed E-state index contributed by atoms with van der Waals surface area (Å²) < 4.78 is 7.77. The molecule has 148 valence electrons. The second-order valence-electron chi connectivity index (χ2n) is 7.43. The number of nitrogens with one attached hydrogen (secondary N) is 1. The number of aromatic nitrogens is 1. The zero-order chi connectivity index (χ0) is 20.7. The minimum atomic E-state index is -0.276. The van der Waals surface area contributed by atoms with E-state index in [2.05, 4.69) is 5.32 Å². The molecule has 5 rings (SSSR count). The molecule has 5 heteroatoms. The second-order valence-corrected chi connectivity index (χ2v) is 7.43. The van der Waals surface area contributed by atoms with Crippen molar-refractivity contribution in [3.8, 4) is 0 Å². The number of para-hydroxylation sites is 3. The number of pyridine rings is 1. The zero-order valence-electron chi connectivity index (χ0n) is 16.5. The van der Waals surface area contributed by atoms with Gasteiger partial charge in [0, 0.05) is 16.2 Å². The monoisotopic (exact) mass is 396 g/mol. The van der Waals surface area contributed by atoms with Crippen LogP contribution in [0.1, 0.15) is 18.7 Å². The maximum atomic E-state index is 12.9. The van der Waals surface area contributed by atoms with Crippen LogP contribution in [0.3, 0.4) is 0 Å². The Bertz CT molecular complexity index is 1370. The van der Waals surface area contributed by atoms with E-state index in [4.69, 9.17) is 4.42 Å². The number of amides is 1. The Kier molecular flexibility index (Phi) is 4.36. The first kappa shape index (κ1) is 18.2. The topological polar surface area (TPSA) is 64.2 Å². The van der Waals surface area contributed by atoms with Crippen LogP contribution in [-0.2, 0) is 11.3 Å². The summed E-state index contributed by atoms with van der Waals surface area (Å²) in [7, 11) is 0. The normalized spacial score (nSPS) is 12.4. The maximum absolute atomic E-state index is 12.9. The van der Waals surface area contributed by atoms with E-state index in [1.807, 2.05) is 78.2 Å². The molecule has 0 saturated carbocycles. The molecular weight excluding hydrogens is 376 g/mol. The molecule has 0 aliphatic carbocycles. The molecule has 5 aromatic rings. The Balaban J connectivity index is 1.49. The number of nitrogens with zero attached hydrogens (tertiary/aromatic N) is 1. The first-order valence-electron chi connectivity index (χ1n) is 9.90. The predicted molar refractivity (Wildman–Crippen MR) is 118 cm³/mol. The molecule has 0 aliphatic heterocycles. The molecule has 30 heavy (non-hydrogen) atoms. The van der Waals surface area contributed by atoms with E-state index < -0.39 is 0 Å². The highest BCUT2D eigenvalue weighted by Crippen LogP contribution is 2.24. The Labute approximate surface area is 172 Å². The van der Waals surface area contributed by atoms with E-state index in [9.17, 15) is 9.59 Å². The molecule has 1 unspecified atom stereocenters. The third-order valence-corrected chi connectivity index (χ3v) is 5.43. The van der Waals surface area contributed by atoms with Gasteiger partial charge in [-0.3, -0.25) is 9.59 Å². The molecule has 0 aliphatic rings. The summed E-state index contributed by atoms with van der Waals surface area (Å²) in [5, 5.41) is 5.24. The fraction of sp³-hybridized carbons (Fsp3) is 0.120. The number of hydrogen-bond acceptors (Lipinski definition) is 3. The second kappa shape index (κ2) is 7.19. The summed E-state index contributed by atoms with van der Waals surface area (Å²) in [6.07, 6.45) is 0. The highest BCUT2D eigenvalue weighted by atomic mass is 16.3. The number of rotatable bonds is 4. The van der Waals surface area contributed by atoms with Crippen molar-refractivity contribution in [2.75, 3.05) is 0 Å². The number of hydrogen-bond donors (Lipinski definition) is 1. The van der Waals surface area contributed by atoms with Gasteiger partial charge in [-0.15, -0.1) is 0 Å². The van der Waals surface area contributed by atoms with Gasteiger partial charge >= 0.3 is 0 Å². The van der Waals surface area contributed by atoms with Crippen LogP contribution in [0.5, 0.6) is 0 Å². The quantitative estimate of drug-likeness (QED) is 0.445. The van der Waals surface area contributed by atoms with Crippen molar-refractivity contribution in [2.45, 2.75) is 19.5 Å². The molecule has 0 radical (unpaired) electrons. The molecule has 0 fully saturated rings. The van der Waals surface area contributed by atoms with Gasteiger partial charge in [0.25, 0.3) is 0 Å². The lowest BCUT2D eigenvalue weighted by Crippen LogP contribution is -2.30. The van der Waals surface area contributed by atoms with Gasteiger partial charge in [0.05, 0.1) is 17.1 Å². The fourth-order valence-electron chi connectivity index (χ4n) is 3.96. The highest BCUT2D eigenvalue weighted by molar-refractivity contribution is 5.94. The van der Waals surface area contributed by atoms with E-state index >= 15 is 0 Å². The first-order chi connectivity index (χ1) is 14.6. The van der Waals surface area contributed by atoms with Crippen molar-refractivity contribution in [1.82, 2.24) is 9.88 Å². The van der Waals surface area contributed by atoms with Gasteiger partial charge in [-0.2, -0.15) is 0 Å². The molecule has 5 nitrogen and oxygen atoms in total. The lowest BCUT2D eigenvalue weighted by Gasteiger charge is -2.17.